The summed E-state index contributed by atoms with van der Waals surface area (Å²) in [4.78, 5) is 11.0. The number of nitrogens with one attached hydrogen (secondary N) is 1. The first-order chi connectivity index (χ1) is 10.6. The number of carbonyl (C=O) groups excluding carboxylic acids is 1. The van der Waals surface area contributed by atoms with Gasteiger partial charge in [0, 0.05) is 5.92 Å². The lowest BCUT2D eigenvalue weighted by Crippen LogP contribution is -2.29. The summed E-state index contributed by atoms with van der Waals surface area (Å²) in [5.74, 6) is 0.145. The molecule has 2 aromatic rings. The second-order valence-electron chi connectivity index (χ2n) is 5.42. The van der Waals surface area contributed by atoms with Crippen LogP contribution in [0.2, 0.25) is 0 Å². The van der Waals surface area contributed by atoms with Gasteiger partial charge < -0.3 is 5.73 Å². The summed E-state index contributed by atoms with van der Waals surface area (Å²) in [6.07, 6.45) is 0. The van der Waals surface area contributed by atoms with E-state index in [4.69, 9.17) is 5.73 Å². The molecule has 0 saturated heterocycles. The third-order valence-corrected chi connectivity index (χ3v) is 3.45. The third kappa shape index (κ3) is 3.95. The zero-order valence-electron chi connectivity index (χ0n) is 12.9. The number of hydrogen-bond donors (Lipinski definition) is 2. The van der Waals surface area contributed by atoms with Gasteiger partial charge in [-0.3, -0.25) is 0 Å². The first-order valence-electron chi connectivity index (χ1n) is 7.32. The highest BCUT2D eigenvalue weighted by Gasteiger charge is 2.23. The van der Waals surface area contributed by atoms with Crippen molar-refractivity contribution in [2.75, 3.05) is 0 Å². The van der Waals surface area contributed by atoms with E-state index in [0.29, 0.717) is 0 Å². The Hall–Kier alpha value is -2.62. The first-order valence-corrected chi connectivity index (χ1v) is 7.32. The van der Waals surface area contributed by atoms with Gasteiger partial charge in [-0.2, -0.15) is 5.10 Å². The standard InChI is InChI=1S/C18H21N3O/c1-13(2)17(20-21-18(19)22)16(14-9-5-3-6-10-14)15-11-7-4-8-12-15/h3-13,16H,1-2H3,(H3,19,21,22)/b20-17+. The van der Waals surface area contributed by atoms with Crippen molar-refractivity contribution < 1.29 is 4.79 Å². The summed E-state index contributed by atoms with van der Waals surface area (Å²) in [5.41, 5.74) is 10.7. The number of carbonyl (C=O) groups is 1. The molecule has 0 fully saturated rings. The molecule has 4 nitrogen and oxygen atoms in total. The summed E-state index contributed by atoms with van der Waals surface area (Å²) in [5, 5.41) is 4.27. The molecule has 0 radical (unpaired) electrons. The highest BCUT2D eigenvalue weighted by Crippen LogP contribution is 2.29. The van der Waals surface area contributed by atoms with Crippen molar-refractivity contribution in [3.05, 3.63) is 71.8 Å². The van der Waals surface area contributed by atoms with E-state index in [-0.39, 0.29) is 11.8 Å². The van der Waals surface area contributed by atoms with Crippen LogP contribution in [0.4, 0.5) is 4.79 Å². The smallest absolute Gasteiger partial charge is 0.332 e. The summed E-state index contributed by atoms with van der Waals surface area (Å²) in [6, 6.07) is 19.6. The molecule has 3 N–H and O–H groups in total. The fourth-order valence-electron chi connectivity index (χ4n) is 2.47. The lowest BCUT2D eigenvalue weighted by molar-refractivity contribution is 0.249. The maximum atomic E-state index is 11.0. The normalized spacial score (nSPS) is 11.7. The van der Waals surface area contributed by atoms with Gasteiger partial charge in [0.1, 0.15) is 0 Å². The van der Waals surface area contributed by atoms with Gasteiger partial charge >= 0.3 is 6.03 Å². The summed E-state index contributed by atoms with van der Waals surface area (Å²) in [7, 11) is 0. The lowest BCUT2D eigenvalue weighted by atomic mass is 9.83. The van der Waals surface area contributed by atoms with E-state index in [9.17, 15) is 4.79 Å². The minimum Gasteiger partial charge on any atom is -0.350 e. The topological polar surface area (TPSA) is 67.5 Å². The molecule has 0 aliphatic heterocycles. The average Bonchev–Trinajstić information content (AvgIpc) is 2.52. The zero-order chi connectivity index (χ0) is 15.9. The van der Waals surface area contributed by atoms with E-state index in [0.717, 1.165) is 16.8 Å². The molecular weight excluding hydrogens is 274 g/mol. The molecule has 0 aliphatic carbocycles. The van der Waals surface area contributed by atoms with Crippen molar-refractivity contribution in [2.45, 2.75) is 19.8 Å². The molecule has 0 bridgehead atoms. The van der Waals surface area contributed by atoms with Crippen molar-refractivity contribution in [1.82, 2.24) is 5.43 Å². The van der Waals surface area contributed by atoms with Crippen molar-refractivity contribution in [2.24, 2.45) is 16.8 Å². The number of urea groups is 1. The Labute approximate surface area is 131 Å². The SMILES string of the molecule is CC(C)/C(=N\NC(N)=O)C(c1ccccc1)c1ccccc1. The number of nitrogens with two attached hydrogens (primary N) is 1. The van der Waals surface area contributed by atoms with Crippen LogP contribution in [0.15, 0.2) is 65.8 Å². The summed E-state index contributed by atoms with van der Waals surface area (Å²) < 4.78 is 0. The van der Waals surface area contributed by atoms with Gasteiger partial charge in [-0.05, 0) is 17.0 Å². The Balaban J connectivity index is 2.51. The average molecular weight is 295 g/mol. The predicted molar refractivity (Wildman–Crippen MR) is 89.7 cm³/mol. The molecule has 2 aromatic carbocycles. The summed E-state index contributed by atoms with van der Waals surface area (Å²) in [6.45, 7) is 4.11. The Bertz CT molecular complexity index is 596. The van der Waals surface area contributed by atoms with Crippen LogP contribution in [0.1, 0.15) is 30.9 Å². The van der Waals surface area contributed by atoms with Gasteiger partial charge in [-0.15, -0.1) is 0 Å². The van der Waals surface area contributed by atoms with E-state index >= 15 is 0 Å². The Kier molecular flexibility index (Phi) is 5.31. The van der Waals surface area contributed by atoms with E-state index < -0.39 is 6.03 Å². The van der Waals surface area contributed by atoms with Gasteiger partial charge in [-0.1, -0.05) is 74.5 Å². The molecule has 4 heteroatoms. The van der Waals surface area contributed by atoms with Crippen LogP contribution in [0.5, 0.6) is 0 Å². The van der Waals surface area contributed by atoms with Gasteiger partial charge in [0.15, 0.2) is 0 Å². The molecule has 0 atom stereocenters. The number of nitrogens with zero attached hydrogens (tertiary/aromatic N) is 1. The van der Waals surface area contributed by atoms with Crippen molar-refractivity contribution in [1.29, 1.82) is 0 Å². The van der Waals surface area contributed by atoms with Crippen molar-refractivity contribution in [3.63, 3.8) is 0 Å². The van der Waals surface area contributed by atoms with E-state index in [1.807, 2.05) is 36.4 Å². The number of benzene rings is 2. The van der Waals surface area contributed by atoms with E-state index in [1.54, 1.807) is 0 Å². The second kappa shape index (κ2) is 7.41. The predicted octanol–water partition coefficient (Wildman–Crippen LogP) is 3.50. The number of amides is 2. The maximum Gasteiger partial charge on any atom is 0.332 e. The summed E-state index contributed by atoms with van der Waals surface area (Å²) >= 11 is 0. The van der Waals surface area contributed by atoms with Crippen molar-refractivity contribution in [3.8, 4) is 0 Å². The molecule has 0 aromatic heterocycles. The number of hydrogen-bond acceptors (Lipinski definition) is 2. The lowest BCUT2D eigenvalue weighted by Gasteiger charge is -2.23. The largest absolute Gasteiger partial charge is 0.350 e. The van der Waals surface area contributed by atoms with Crippen LogP contribution in [-0.4, -0.2) is 11.7 Å². The van der Waals surface area contributed by atoms with Crippen LogP contribution in [-0.2, 0) is 0 Å². The Morgan fingerprint density at radius 2 is 1.41 bits per heavy atom. The number of hydrazone groups is 1. The highest BCUT2D eigenvalue weighted by atomic mass is 16.2. The number of rotatable bonds is 5. The second-order valence-corrected chi connectivity index (χ2v) is 5.42. The fourth-order valence-corrected chi connectivity index (χ4v) is 2.47. The molecule has 0 aliphatic rings. The molecule has 0 spiro atoms. The molecule has 114 valence electrons. The molecule has 0 unspecified atom stereocenters. The minimum absolute atomic E-state index is 0.0192. The van der Waals surface area contributed by atoms with Crippen LogP contribution < -0.4 is 11.2 Å². The minimum atomic E-state index is -0.655. The maximum absolute atomic E-state index is 11.0. The first kappa shape index (κ1) is 15.8. The van der Waals surface area contributed by atoms with Crippen LogP contribution in [0.25, 0.3) is 0 Å². The van der Waals surface area contributed by atoms with Gasteiger partial charge in [0.2, 0.25) is 0 Å². The molecule has 2 amide bonds. The monoisotopic (exact) mass is 295 g/mol. The van der Waals surface area contributed by atoms with Crippen LogP contribution in [0.3, 0.4) is 0 Å². The molecule has 2 rings (SSSR count). The fraction of sp³-hybridized carbons (Fsp3) is 0.222. The molecule has 0 saturated carbocycles. The highest BCUT2D eigenvalue weighted by molar-refractivity contribution is 5.95. The molecule has 22 heavy (non-hydrogen) atoms. The molecular formula is C18H21N3O. The van der Waals surface area contributed by atoms with Crippen molar-refractivity contribution >= 4 is 11.7 Å². The van der Waals surface area contributed by atoms with Gasteiger partial charge in [0.05, 0.1) is 5.71 Å². The third-order valence-electron chi connectivity index (χ3n) is 3.45. The Morgan fingerprint density at radius 3 is 1.77 bits per heavy atom. The Morgan fingerprint density at radius 1 is 0.955 bits per heavy atom. The van der Waals surface area contributed by atoms with Gasteiger partial charge in [-0.25, -0.2) is 10.2 Å². The molecule has 0 heterocycles. The zero-order valence-corrected chi connectivity index (χ0v) is 12.9. The van der Waals surface area contributed by atoms with Gasteiger partial charge in [0.25, 0.3) is 0 Å². The van der Waals surface area contributed by atoms with Crippen LogP contribution in [0, 0.1) is 5.92 Å². The van der Waals surface area contributed by atoms with E-state index in [1.165, 1.54) is 0 Å². The van der Waals surface area contributed by atoms with E-state index in [2.05, 4.69) is 48.6 Å². The van der Waals surface area contributed by atoms with Crippen LogP contribution >= 0.6 is 0 Å². The quantitative estimate of drug-likeness (QED) is 0.643. The number of primary amides is 1.